The molecule has 0 radical (unpaired) electrons. The van der Waals surface area contributed by atoms with E-state index in [0.717, 1.165) is 55.4 Å². The fraction of sp³-hybridized carbons (Fsp3) is 0.500. The van der Waals surface area contributed by atoms with Gasteiger partial charge >= 0.3 is 0 Å². The number of aromatic nitrogens is 2. The van der Waals surface area contributed by atoms with E-state index in [2.05, 4.69) is 27.8 Å². The van der Waals surface area contributed by atoms with Crippen LogP contribution in [0.25, 0.3) is 10.9 Å². The van der Waals surface area contributed by atoms with Gasteiger partial charge in [-0.2, -0.15) is 5.10 Å². The number of nitrogens with zero attached hydrogens (tertiary/aromatic N) is 1. The standard InChI is InChI=1S/C16H22N4O/c1-2-7-16(8-4-9-17-11-16)15(21)19-13-5-3-6-14-12(13)10-18-20-14/h3,5-6,10,17H,2,4,7-9,11H2,1H3,(H,18,20)(H,19,21). The van der Waals surface area contributed by atoms with Crippen LogP contribution in [0.4, 0.5) is 5.69 Å². The SMILES string of the molecule is CCCC1(C(=O)Nc2cccc3[nH]ncc23)CCCNC1. The first-order valence-corrected chi connectivity index (χ1v) is 7.69. The molecule has 1 saturated heterocycles. The van der Waals surface area contributed by atoms with E-state index in [-0.39, 0.29) is 11.3 Å². The maximum atomic E-state index is 12.9. The van der Waals surface area contributed by atoms with E-state index in [1.54, 1.807) is 6.20 Å². The number of amides is 1. The molecule has 1 fully saturated rings. The molecule has 0 spiro atoms. The van der Waals surface area contributed by atoms with Crippen LogP contribution >= 0.6 is 0 Å². The van der Waals surface area contributed by atoms with Gasteiger partial charge in [-0.25, -0.2) is 0 Å². The van der Waals surface area contributed by atoms with Gasteiger partial charge in [-0.1, -0.05) is 19.4 Å². The number of carbonyl (C=O) groups excluding carboxylic acids is 1. The lowest BCUT2D eigenvalue weighted by Gasteiger charge is -2.36. The molecule has 5 heteroatoms. The van der Waals surface area contributed by atoms with Crippen molar-refractivity contribution >= 4 is 22.5 Å². The Labute approximate surface area is 124 Å². The number of hydrogen-bond donors (Lipinski definition) is 3. The van der Waals surface area contributed by atoms with Gasteiger partial charge < -0.3 is 10.6 Å². The number of anilines is 1. The summed E-state index contributed by atoms with van der Waals surface area (Å²) in [6.45, 7) is 3.92. The Morgan fingerprint density at radius 2 is 2.38 bits per heavy atom. The molecule has 1 unspecified atom stereocenters. The predicted molar refractivity (Wildman–Crippen MR) is 84.2 cm³/mol. The summed E-state index contributed by atoms with van der Waals surface area (Å²) in [5.74, 6) is 0.130. The molecule has 1 amide bonds. The molecule has 2 aromatic rings. The summed E-state index contributed by atoms with van der Waals surface area (Å²) >= 11 is 0. The minimum Gasteiger partial charge on any atom is -0.325 e. The van der Waals surface area contributed by atoms with Gasteiger partial charge in [0.2, 0.25) is 5.91 Å². The number of nitrogens with one attached hydrogen (secondary N) is 3. The van der Waals surface area contributed by atoms with E-state index < -0.39 is 0 Å². The first kappa shape index (κ1) is 14.1. The van der Waals surface area contributed by atoms with E-state index in [1.807, 2.05) is 18.2 Å². The quantitative estimate of drug-likeness (QED) is 0.809. The van der Waals surface area contributed by atoms with Crippen molar-refractivity contribution in [2.24, 2.45) is 5.41 Å². The highest BCUT2D eigenvalue weighted by Crippen LogP contribution is 2.34. The average Bonchev–Trinajstić information content (AvgIpc) is 2.98. The van der Waals surface area contributed by atoms with E-state index in [4.69, 9.17) is 0 Å². The maximum absolute atomic E-state index is 12.9. The molecule has 0 bridgehead atoms. The zero-order chi connectivity index (χ0) is 14.7. The van der Waals surface area contributed by atoms with Gasteiger partial charge in [0.25, 0.3) is 0 Å². The van der Waals surface area contributed by atoms with Crippen LogP contribution in [-0.4, -0.2) is 29.2 Å². The summed E-state index contributed by atoms with van der Waals surface area (Å²) < 4.78 is 0. The zero-order valence-electron chi connectivity index (χ0n) is 12.4. The lowest BCUT2D eigenvalue weighted by atomic mass is 9.76. The fourth-order valence-electron chi connectivity index (χ4n) is 3.30. The van der Waals surface area contributed by atoms with Crippen LogP contribution in [0.15, 0.2) is 24.4 Å². The Kier molecular flexibility index (Phi) is 3.92. The normalized spacial score (nSPS) is 22.3. The van der Waals surface area contributed by atoms with Crippen molar-refractivity contribution in [2.75, 3.05) is 18.4 Å². The van der Waals surface area contributed by atoms with E-state index in [0.29, 0.717) is 0 Å². The molecule has 21 heavy (non-hydrogen) atoms. The van der Waals surface area contributed by atoms with Crippen LogP contribution in [-0.2, 0) is 4.79 Å². The molecular formula is C16H22N4O. The van der Waals surface area contributed by atoms with Crippen molar-refractivity contribution in [2.45, 2.75) is 32.6 Å². The molecule has 0 aliphatic carbocycles. The topological polar surface area (TPSA) is 69.8 Å². The molecule has 2 heterocycles. The summed E-state index contributed by atoms with van der Waals surface area (Å²) in [7, 11) is 0. The number of aromatic amines is 1. The first-order valence-electron chi connectivity index (χ1n) is 7.69. The number of hydrogen-bond acceptors (Lipinski definition) is 3. The van der Waals surface area contributed by atoms with Crippen molar-refractivity contribution in [1.29, 1.82) is 0 Å². The third-order valence-electron chi connectivity index (χ3n) is 4.42. The van der Waals surface area contributed by atoms with Crippen molar-refractivity contribution in [3.05, 3.63) is 24.4 Å². The summed E-state index contributed by atoms with van der Waals surface area (Å²) in [5, 5.41) is 14.4. The Bertz CT molecular complexity index is 622. The summed E-state index contributed by atoms with van der Waals surface area (Å²) in [6.07, 6.45) is 5.72. The number of piperidine rings is 1. The minimum absolute atomic E-state index is 0.130. The molecule has 3 rings (SSSR count). The minimum atomic E-state index is -0.279. The molecular weight excluding hydrogens is 264 g/mol. The lowest BCUT2D eigenvalue weighted by molar-refractivity contribution is -0.127. The average molecular weight is 286 g/mol. The summed E-state index contributed by atoms with van der Waals surface area (Å²) in [4.78, 5) is 12.9. The van der Waals surface area contributed by atoms with Crippen molar-refractivity contribution in [3.63, 3.8) is 0 Å². The summed E-state index contributed by atoms with van der Waals surface area (Å²) in [5.41, 5.74) is 1.50. The third kappa shape index (κ3) is 2.65. The van der Waals surface area contributed by atoms with Gasteiger partial charge in [-0.3, -0.25) is 9.89 Å². The van der Waals surface area contributed by atoms with Crippen LogP contribution in [0.2, 0.25) is 0 Å². The van der Waals surface area contributed by atoms with Crippen LogP contribution < -0.4 is 10.6 Å². The van der Waals surface area contributed by atoms with Gasteiger partial charge in [0.1, 0.15) is 0 Å². The van der Waals surface area contributed by atoms with E-state index in [9.17, 15) is 4.79 Å². The molecule has 1 aromatic carbocycles. The number of carbonyl (C=O) groups is 1. The third-order valence-corrected chi connectivity index (χ3v) is 4.42. The van der Waals surface area contributed by atoms with Crippen molar-refractivity contribution in [1.82, 2.24) is 15.5 Å². The number of benzene rings is 1. The van der Waals surface area contributed by atoms with E-state index in [1.165, 1.54) is 0 Å². The predicted octanol–water partition coefficient (Wildman–Crippen LogP) is 2.67. The van der Waals surface area contributed by atoms with Gasteiger partial charge in [-0.05, 0) is 37.9 Å². The Morgan fingerprint density at radius 3 is 3.14 bits per heavy atom. The lowest BCUT2D eigenvalue weighted by Crippen LogP contribution is -2.48. The summed E-state index contributed by atoms with van der Waals surface area (Å²) in [6, 6.07) is 5.83. The number of fused-ring (bicyclic) bond motifs is 1. The molecule has 1 atom stereocenters. The Morgan fingerprint density at radius 1 is 1.48 bits per heavy atom. The van der Waals surface area contributed by atoms with Crippen LogP contribution in [0, 0.1) is 5.41 Å². The zero-order valence-corrected chi connectivity index (χ0v) is 12.4. The van der Waals surface area contributed by atoms with E-state index >= 15 is 0 Å². The molecule has 1 aliphatic heterocycles. The van der Waals surface area contributed by atoms with Crippen LogP contribution in [0.1, 0.15) is 32.6 Å². The van der Waals surface area contributed by atoms with Gasteiger partial charge in [0.15, 0.2) is 0 Å². The van der Waals surface area contributed by atoms with Gasteiger partial charge in [-0.15, -0.1) is 0 Å². The van der Waals surface area contributed by atoms with Crippen molar-refractivity contribution in [3.8, 4) is 0 Å². The second kappa shape index (κ2) is 5.85. The fourth-order valence-corrected chi connectivity index (χ4v) is 3.30. The molecule has 1 aliphatic rings. The number of H-pyrrole nitrogens is 1. The second-order valence-electron chi connectivity index (χ2n) is 5.90. The Hall–Kier alpha value is -1.88. The maximum Gasteiger partial charge on any atom is 0.231 e. The highest BCUT2D eigenvalue weighted by molar-refractivity contribution is 6.03. The van der Waals surface area contributed by atoms with Gasteiger partial charge in [0, 0.05) is 11.9 Å². The van der Waals surface area contributed by atoms with Crippen molar-refractivity contribution < 1.29 is 4.79 Å². The molecule has 5 nitrogen and oxygen atoms in total. The monoisotopic (exact) mass is 286 g/mol. The van der Waals surface area contributed by atoms with Crippen LogP contribution in [0.5, 0.6) is 0 Å². The highest BCUT2D eigenvalue weighted by atomic mass is 16.2. The molecule has 3 N–H and O–H groups in total. The smallest absolute Gasteiger partial charge is 0.231 e. The largest absolute Gasteiger partial charge is 0.325 e. The highest BCUT2D eigenvalue weighted by Gasteiger charge is 2.38. The molecule has 1 aromatic heterocycles. The van der Waals surface area contributed by atoms with Crippen LogP contribution in [0.3, 0.4) is 0 Å². The first-order chi connectivity index (χ1) is 10.2. The molecule has 112 valence electrons. The number of rotatable bonds is 4. The second-order valence-corrected chi connectivity index (χ2v) is 5.90. The van der Waals surface area contributed by atoms with Gasteiger partial charge in [0.05, 0.1) is 22.8 Å². The Balaban J connectivity index is 1.85. The molecule has 0 saturated carbocycles.